The molecule has 1 saturated heterocycles. The van der Waals surface area contributed by atoms with Gasteiger partial charge in [-0.2, -0.15) is 0 Å². The van der Waals surface area contributed by atoms with Crippen molar-refractivity contribution in [2.75, 3.05) is 13.1 Å². The maximum absolute atomic E-state index is 13.5. The van der Waals surface area contributed by atoms with Gasteiger partial charge in [0.1, 0.15) is 11.3 Å². The zero-order chi connectivity index (χ0) is 20.0. The van der Waals surface area contributed by atoms with Gasteiger partial charge in [-0.1, -0.05) is 11.3 Å². The van der Waals surface area contributed by atoms with Gasteiger partial charge >= 0.3 is 0 Å². The van der Waals surface area contributed by atoms with Crippen molar-refractivity contribution in [2.45, 2.75) is 38.3 Å². The number of halogens is 3. The minimum absolute atomic E-state index is 0.109. The largest absolute Gasteiger partial charge is 0.437 e. The number of aromatic nitrogens is 4. The van der Waals surface area contributed by atoms with Crippen LogP contribution in [0.3, 0.4) is 0 Å². The van der Waals surface area contributed by atoms with Gasteiger partial charge in [0, 0.05) is 37.8 Å². The standard InChI is InChI=1S/C20H20BrF2N5O/c21-17-16(6-5-15-18(17)25-26-28(15)10-13-3-4-13)29-19-14(2-1-8-24-19)11-27-9-7-20(22,23)12-27/h1-2,5-6,8,13H,3-4,7,9-12H2. The van der Waals surface area contributed by atoms with Gasteiger partial charge in [-0.3, -0.25) is 4.90 Å². The van der Waals surface area contributed by atoms with Crippen LogP contribution in [0.1, 0.15) is 24.8 Å². The third-order valence-electron chi connectivity index (χ3n) is 5.42. The van der Waals surface area contributed by atoms with E-state index in [2.05, 4.69) is 31.2 Å². The quantitative estimate of drug-likeness (QED) is 0.533. The zero-order valence-electron chi connectivity index (χ0n) is 15.7. The topological polar surface area (TPSA) is 56.1 Å². The van der Waals surface area contributed by atoms with E-state index in [1.54, 1.807) is 17.2 Å². The van der Waals surface area contributed by atoms with E-state index in [-0.39, 0.29) is 13.0 Å². The van der Waals surface area contributed by atoms with Crippen LogP contribution in [0, 0.1) is 5.92 Å². The van der Waals surface area contributed by atoms with E-state index in [4.69, 9.17) is 4.74 Å². The Bertz CT molecular complexity index is 1050. The predicted octanol–water partition coefficient (Wildman–Crippen LogP) is 4.63. The Hall–Kier alpha value is -2.13. The molecule has 2 fully saturated rings. The monoisotopic (exact) mass is 463 g/mol. The Kier molecular flexibility index (Phi) is 4.74. The molecule has 6 nitrogen and oxygen atoms in total. The molecule has 1 aromatic carbocycles. The highest BCUT2D eigenvalue weighted by Gasteiger charge is 2.38. The number of hydrogen-bond donors (Lipinski definition) is 0. The molecule has 29 heavy (non-hydrogen) atoms. The molecular weight excluding hydrogens is 444 g/mol. The van der Waals surface area contributed by atoms with Crippen molar-refractivity contribution in [1.82, 2.24) is 24.9 Å². The Morgan fingerprint density at radius 3 is 2.86 bits per heavy atom. The summed E-state index contributed by atoms with van der Waals surface area (Å²) in [6, 6.07) is 7.46. The van der Waals surface area contributed by atoms with Crippen molar-refractivity contribution in [3.05, 3.63) is 40.5 Å². The SMILES string of the molecule is FC1(F)CCN(Cc2cccnc2Oc2ccc3c(nnn3CC3CC3)c2Br)C1. The number of pyridine rings is 1. The fraction of sp³-hybridized carbons (Fsp3) is 0.450. The van der Waals surface area contributed by atoms with Gasteiger partial charge in [0.05, 0.1) is 16.5 Å². The molecule has 1 saturated carbocycles. The molecule has 0 bridgehead atoms. The highest BCUT2D eigenvalue weighted by atomic mass is 79.9. The molecule has 0 radical (unpaired) electrons. The number of ether oxygens (including phenoxy) is 1. The molecule has 152 valence electrons. The fourth-order valence-corrected chi connectivity index (χ4v) is 4.16. The highest BCUT2D eigenvalue weighted by Crippen LogP contribution is 2.37. The molecule has 2 aromatic heterocycles. The van der Waals surface area contributed by atoms with Gasteiger partial charge in [0.25, 0.3) is 5.92 Å². The number of alkyl halides is 2. The van der Waals surface area contributed by atoms with Crippen LogP contribution >= 0.6 is 15.9 Å². The number of nitrogens with zero attached hydrogens (tertiary/aromatic N) is 5. The summed E-state index contributed by atoms with van der Waals surface area (Å²) in [6.45, 7) is 1.38. The second kappa shape index (κ2) is 7.28. The normalized spacial score (nSPS) is 19.1. The first kappa shape index (κ1) is 18.9. The molecule has 1 aliphatic heterocycles. The molecule has 5 rings (SSSR count). The van der Waals surface area contributed by atoms with Crippen molar-refractivity contribution in [3.63, 3.8) is 0 Å². The van der Waals surface area contributed by atoms with Crippen LogP contribution in [0.15, 0.2) is 34.9 Å². The summed E-state index contributed by atoms with van der Waals surface area (Å²) in [7, 11) is 0. The first-order chi connectivity index (χ1) is 14.0. The fourth-order valence-electron chi connectivity index (χ4n) is 3.67. The van der Waals surface area contributed by atoms with Gasteiger partial charge in [-0.15, -0.1) is 5.10 Å². The number of rotatable bonds is 6. The molecule has 0 unspecified atom stereocenters. The molecule has 9 heteroatoms. The Morgan fingerprint density at radius 1 is 1.24 bits per heavy atom. The van der Waals surface area contributed by atoms with Gasteiger partial charge in [-0.25, -0.2) is 18.4 Å². The van der Waals surface area contributed by atoms with Gasteiger partial charge < -0.3 is 4.74 Å². The van der Waals surface area contributed by atoms with E-state index in [1.807, 2.05) is 22.9 Å². The lowest BCUT2D eigenvalue weighted by atomic mass is 10.2. The van der Waals surface area contributed by atoms with Crippen molar-refractivity contribution >= 4 is 27.0 Å². The van der Waals surface area contributed by atoms with E-state index in [0.29, 0.717) is 35.1 Å². The van der Waals surface area contributed by atoms with Gasteiger partial charge in [0.15, 0.2) is 0 Å². The average Bonchev–Trinajstić information content (AvgIpc) is 3.31. The second-order valence-electron chi connectivity index (χ2n) is 7.85. The molecule has 0 spiro atoms. The van der Waals surface area contributed by atoms with Crippen molar-refractivity contribution in [2.24, 2.45) is 5.92 Å². The van der Waals surface area contributed by atoms with E-state index in [1.165, 1.54) is 12.8 Å². The first-order valence-electron chi connectivity index (χ1n) is 9.72. The molecule has 0 atom stereocenters. The Labute approximate surface area is 175 Å². The van der Waals surface area contributed by atoms with Crippen LogP contribution in [0.4, 0.5) is 8.78 Å². The lowest BCUT2D eigenvalue weighted by Gasteiger charge is -2.17. The summed E-state index contributed by atoms with van der Waals surface area (Å²) in [4.78, 5) is 6.06. The van der Waals surface area contributed by atoms with E-state index in [0.717, 1.165) is 23.1 Å². The summed E-state index contributed by atoms with van der Waals surface area (Å²) in [6.07, 6.45) is 4.02. The first-order valence-corrected chi connectivity index (χ1v) is 10.5. The summed E-state index contributed by atoms with van der Waals surface area (Å²) in [5.74, 6) is -0.941. The lowest BCUT2D eigenvalue weighted by molar-refractivity contribution is 0.0114. The molecule has 3 heterocycles. The average molecular weight is 464 g/mol. The van der Waals surface area contributed by atoms with Gasteiger partial charge in [-0.05, 0) is 52.9 Å². The maximum atomic E-state index is 13.5. The summed E-state index contributed by atoms with van der Waals surface area (Å²) < 4.78 is 35.7. The van der Waals surface area contributed by atoms with Crippen LogP contribution in [0.25, 0.3) is 11.0 Å². The summed E-state index contributed by atoms with van der Waals surface area (Å²) in [5.41, 5.74) is 2.46. The number of hydrogen-bond acceptors (Lipinski definition) is 5. The molecule has 3 aromatic rings. The summed E-state index contributed by atoms with van der Waals surface area (Å²) in [5, 5.41) is 8.57. The number of likely N-dealkylation sites (tertiary alicyclic amines) is 1. The third kappa shape index (κ3) is 3.98. The van der Waals surface area contributed by atoms with Gasteiger partial charge in [0.2, 0.25) is 5.88 Å². The van der Waals surface area contributed by atoms with E-state index >= 15 is 0 Å². The lowest BCUT2D eigenvalue weighted by Crippen LogP contribution is -2.25. The van der Waals surface area contributed by atoms with Crippen molar-refractivity contribution < 1.29 is 13.5 Å². The minimum Gasteiger partial charge on any atom is -0.437 e. The predicted molar refractivity (Wildman–Crippen MR) is 107 cm³/mol. The smallest absolute Gasteiger partial charge is 0.261 e. The summed E-state index contributed by atoms with van der Waals surface area (Å²) >= 11 is 3.58. The van der Waals surface area contributed by atoms with Crippen LogP contribution < -0.4 is 4.74 Å². The zero-order valence-corrected chi connectivity index (χ0v) is 17.3. The Morgan fingerprint density at radius 2 is 2.10 bits per heavy atom. The molecule has 1 aliphatic carbocycles. The molecular formula is C20H20BrF2N5O. The Balaban J connectivity index is 1.39. The van der Waals surface area contributed by atoms with Crippen LogP contribution in [0.2, 0.25) is 0 Å². The van der Waals surface area contributed by atoms with E-state index < -0.39 is 5.92 Å². The van der Waals surface area contributed by atoms with Crippen molar-refractivity contribution in [1.29, 1.82) is 0 Å². The minimum atomic E-state index is -2.62. The van der Waals surface area contributed by atoms with E-state index in [9.17, 15) is 8.78 Å². The van der Waals surface area contributed by atoms with Crippen molar-refractivity contribution in [3.8, 4) is 11.6 Å². The number of benzene rings is 1. The van der Waals surface area contributed by atoms with Crippen LogP contribution in [0.5, 0.6) is 11.6 Å². The number of fused-ring (bicyclic) bond motifs is 1. The third-order valence-corrected chi connectivity index (χ3v) is 6.18. The molecule has 2 aliphatic rings. The maximum Gasteiger partial charge on any atom is 0.261 e. The van der Waals surface area contributed by atoms with Crippen LogP contribution in [-0.2, 0) is 13.1 Å². The molecule has 0 N–H and O–H groups in total. The molecule has 0 amide bonds. The second-order valence-corrected chi connectivity index (χ2v) is 8.64. The van der Waals surface area contributed by atoms with Crippen LogP contribution in [-0.4, -0.2) is 43.9 Å². The highest BCUT2D eigenvalue weighted by molar-refractivity contribution is 9.10.